The highest BCUT2D eigenvalue weighted by Gasteiger charge is 2.17. The Balaban J connectivity index is 1.60. The Labute approximate surface area is 175 Å². The second-order valence-electron chi connectivity index (χ2n) is 6.56. The molecule has 8 heteroatoms. The van der Waals surface area contributed by atoms with Crippen LogP contribution in [0, 0.1) is 5.82 Å². The summed E-state index contributed by atoms with van der Waals surface area (Å²) in [7, 11) is 0. The molecule has 0 fully saturated rings. The van der Waals surface area contributed by atoms with Crippen LogP contribution in [0.25, 0.3) is 22.3 Å². The Hall–Kier alpha value is -3.65. The molecule has 2 aromatic carbocycles. The molecule has 3 heterocycles. The molecule has 0 aliphatic heterocycles. The second-order valence-corrected chi connectivity index (χ2v) is 7.52. The molecule has 0 aliphatic carbocycles. The molecular formula is C22H15FN6S. The third kappa shape index (κ3) is 3.65. The molecule has 5 rings (SSSR count). The largest absolute Gasteiger partial charge is 0.297 e. The highest BCUT2D eigenvalue weighted by atomic mass is 32.2. The summed E-state index contributed by atoms with van der Waals surface area (Å²) >= 11 is 1.34. The zero-order valence-electron chi connectivity index (χ0n) is 15.7. The smallest absolute Gasteiger partial charge is 0.198 e. The van der Waals surface area contributed by atoms with Gasteiger partial charge >= 0.3 is 0 Å². The fraction of sp³-hybridized carbons (Fsp3) is 0.0455. The van der Waals surface area contributed by atoms with Crippen molar-refractivity contribution in [3.05, 3.63) is 90.8 Å². The first-order valence-corrected chi connectivity index (χ1v) is 10.1. The van der Waals surface area contributed by atoms with Gasteiger partial charge in [-0.1, -0.05) is 30.3 Å². The summed E-state index contributed by atoms with van der Waals surface area (Å²) in [5.41, 5.74) is 2.66. The number of nitrogens with zero attached hydrogens (tertiary/aromatic N) is 6. The highest BCUT2D eigenvalue weighted by Crippen LogP contribution is 2.32. The van der Waals surface area contributed by atoms with Crippen molar-refractivity contribution in [3.63, 3.8) is 0 Å². The molecule has 6 nitrogen and oxygen atoms in total. The lowest BCUT2D eigenvalue weighted by atomic mass is 10.2. The van der Waals surface area contributed by atoms with Crippen LogP contribution < -0.4 is 0 Å². The van der Waals surface area contributed by atoms with E-state index >= 15 is 0 Å². The Morgan fingerprint density at radius 2 is 1.83 bits per heavy atom. The Kier molecular flexibility index (Phi) is 4.90. The predicted octanol–water partition coefficient (Wildman–Crippen LogP) is 4.62. The van der Waals surface area contributed by atoms with Crippen molar-refractivity contribution in [2.24, 2.45) is 0 Å². The van der Waals surface area contributed by atoms with Gasteiger partial charge in [0.2, 0.25) is 0 Å². The topological polar surface area (TPSA) is 69.4 Å². The molecule has 5 aromatic rings. The standard InChI is InChI=1S/C22H15FN6S/c23-17-8-9-19-18(11-17)21(26-14-25-19)30-22-28-27-20(16-7-4-10-24-12-16)29(22)13-15-5-2-1-3-6-15/h1-12,14H,13H2. The van der Waals surface area contributed by atoms with E-state index in [4.69, 9.17) is 0 Å². The minimum absolute atomic E-state index is 0.332. The van der Waals surface area contributed by atoms with Crippen LogP contribution in [-0.4, -0.2) is 29.7 Å². The summed E-state index contributed by atoms with van der Waals surface area (Å²) in [5, 5.41) is 10.7. The molecule has 0 bridgehead atoms. The molecule has 0 radical (unpaired) electrons. The van der Waals surface area contributed by atoms with Gasteiger partial charge in [0.15, 0.2) is 11.0 Å². The van der Waals surface area contributed by atoms with Crippen molar-refractivity contribution in [1.29, 1.82) is 0 Å². The van der Waals surface area contributed by atoms with Crippen molar-refractivity contribution in [2.45, 2.75) is 16.7 Å². The van der Waals surface area contributed by atoms with Gasteiger partial charge in [-0.2, -0.15) is 0 Å². The van der Waals surface area contributed by atoms with Crippen LogP contribution in [0.5, 0.6) is 0 Å². The summed E-state index contributed by atoms with van der Waals surface area (Å²) in [6, 6.07) is 18.4. The monoisotopic (exact) mass is 414 g/mol. The number of fused-ring (bicyclic) bond motifs is 1. The van der Waals surface area contributed by atoms with E-state index in [1.807, 2.05) is 34.9 Å². The van der Waals surface area contributed by atoms with E-state index in [-0.39, 0.29) is 5.82 Å². The van der Waals surface area contributed by atoms with E-state index in [0.29, 0.717) is 33.5 Å². The van der Waals surface area contributed by atoms with Gasteiger partial charge in [0.05, 0.1) is 12.1 Å². The molecule has 0 saturated heterocycles. The first-order valence-electron chi connectivity index (χ1n) is 9.23. The van der Waals surface area contributed by atoms with Gasteiger partial charge in [-0.05, 0) is 47.7 Å². The third-order valence-electron chi connectivity index (χ3n) is 4.57. The third-order valence-corrected chi connectivity index (χ3v) is 5.57. The van der Waals surface area contributed by atoms with Gasteiger partial charge in [-0.15, -0.1) is 10.2 Å². The molecule has 0 saturated carbocycles. The number of halogens is 1. The first kappa shape index (κ1) is 18.4. The molecule has 146 valence electrons. The summed E-state index contributed by atoms with van der Waals surface area (Å²) in [6.45, 7) is 0.581. The molecule has 0 aliphatic rings. The van der Waals surface area contributed by atoms with E-state index in [9.17, 15) is 4.39 Å². The van der Waals surface area contributed by atoms with Crippen LogP contribution in [0.15, 0.2) is 89.6 Å². The molecule has 0 spiro atoms. The highest BCUT2D eigenvalue weighted by molar-refractivity contribution is 7.99. The lowest BCUT2D eigenvalue weighted by Crippen LogP contribution is -2.04. The summed E-state index contributed by atoms with van der Waals surface area (Å²) in [6.07, 6.45) is 4.95. The minimum Gasteiger partial charge on any atom is -0.297 e. The maximum atomic E-state index is 13.8. The van der Waals surface area contributed by atoms with Crippen molar-refractivity contribution >= 4 is 22.7 Å². The zero-order valence-corrected chi connectivity index (χ0v) is 16.5. The van der Waals surface area contributed by atoms with E-state index < -0.39 is 0 Å². The van der Waals surface area contributed by atoms with Crippen molar-refractivity contribution < 1.29 is 4.39 Å². The number of aromatic nitrogens is 6. The van der Waals surface area contributed by atoms with Crippen LogP contribution in [0.1, 0.15) is 5.56 Å². The number of benzene rings is 2. The van der Waals surface area contributed by atoms with Gasteiger partial charge in [0.25, 0.3) is 0 Å². The van der Waals surface area contributed by atoms with Crippen molar-refractivity contribution in [3.8, 4) is 11.4 Å². The SMILES string of the molecule is Fc1ccc2ncnc(Sc3nnc(-c4cccnc4)n3Cc3ccccc3)c2c1. The van der Waals surface area contributed by atoms with Gasteiger partial charge in [0, 0.05) is 23.3 Å². The average molecular weight is 414 g/mol. The Morgan fingerprint density at radius 1 is 0.933 bits per heavy atom. The van der Waals surface area contributed by atoms with Crippen LogP contribution >= 0.6 is 11.8 Å². The maximum absolute atomic E-state index is 13.8. The number of hydrogen-bond donors (Lipinski definition) is 0. The fourth-order valence-electron chi connectivity index (χ4n) is 3.15. The molecule has 0 atom stereocenters. The van der Waals surface area contributed by atoms with Crippen molar-refractivity contribution in [2.75, 3.05) is 0 Å². The zero-order chi connectivity index (χ0) is 20.3. The number of rotatable bonds is 5. The van der Waals surface area contributed by atoms with E-state index in [2.05, 4.69) is 37.3 Å². The number of pyridine rings is 1. The van der Waals surface area contributed by atoms with Crippen LogP contribution in [0.2, 0.25) is 0 Å². The predicted molar refractivity (Wildman–Crippen MR) is 112 cm³/mol. The molecule has 0 N–H and O–H groups in total. The molecule has 0 unspecified atom stereocenters. The summed E-state index contributed by atoms with van der Waals surface area (Å²) in [4.78, 5) is 12.8. The molecule has 3 aromatic heterocycles. The Bertz CT molecular complexity index is 1310. The quantitative estimate of drug-likeness (QED) is 0.391. The fourth-order valence-corrected chi connectivity index (χ4v) is 4.04. The Morgan fingerprint density at radius 3 is 2.67 bits per heavy atom. The van der Waals surface area contributed by atoms with Crippen molar-refractivity contribution in [1.82, 2.24) is 29.7 Å². The lowest BCUT2D eigenvalue weighted by Gasteiger charge is -2.11. The lowest BCUT2D eigenvalue weighted by molar-refractivity contribution is 0.629. The van der Waals surface area contributed by atoms with Crippen LogP contribution in [0.4, 0.5) is 4.39 Å². The molecule has 0 amide bonds. The molecule has 30 heavy (non-hydrogen) atoms. The van der Waals surface area contributed by atoms with E-state index in [1.54, 1.807) is 18.5 Å². The van der Waals surface area contributed by atoms with Crippen LogP contribution in [-0.2, 0) is 6.54 Å². The molecular weight excluding hydrogens is 399 g/mol. The van der Waals surface area contributed by atoms with Gasteiger partial charge in [0.1, 0.15) is 17.2 Å². The van der Waals surface area contributed by atoms with Gasteiger partial charge < -0.3 is 0 Å². The first-order chi connectivity index (χ1) is 14.8. The number of hydrogen-bond acceptors (Lipinski definition) is 6. The van der Waals surface area contributed by atoms with E-state index in [1.165, 1.54) is 30.2 Å². The van der Waals surface area contributed by atoms with Gasteiger partial charge in [-0.25, -0.2) is 14.4 Å². The average Bonchev–Trinajstić information content (AvgIpc) is 3.17. The van der Waals surface area contributed by atoms with E-state index in [0.717, 1.165) is 11.1 Å². The summed E-state index contributed by atoms with van der Waals surface area (Å²) in [5.74, 6) is 0.375. The normalized spacial score (nSPS) is 11.1. The van der Waals surface area contributed by atoms with Gasteiger partial charge in [-0.3, -0.25) is 9.55 Å². The maximum Gasteiger partial charge on any atom is 0.198 e. The minimum atomic E-state index is -0.332. The second kappa shape index (κ2) is 8.00. The summed E-state index contributed by atoms with van der Waals surface area (Å²) < 4.78 is 15.9. The van der Waals surface area contributed by atoms with Crippen LogP contribution in [0.3, 0.4) is 0 Å².